The molecular weight excluding hydrogens is 477 g/mol. The summed E-state index contributed by atoms with van der Waals surface area (Å²) in [5, 5.41) is 0.812. The monoisotopic (exact) mass is 507 g/mol. The molecule has 0 spiro atoms. The smallest absolute Gasteiger partial charge is 0.104 e. The lowest BCUT2D eigenvalue weighted by molar-refractivity contribution is -0.899. The molecule has 0 aromatic heterocycles. The maximum Gasteiger partial charge on any atom is 0.104 e. The zero-order valence-corrected chi connectivity index (χ0v) is 20.3. The van der Waals surface area contributed by atoms with Crippen molar-refractivity contribution in [2.45, 2.75) is 33.2 Å². The highest BCUT2D eigenvalue weighted by molar-refractivity contribution is 6.33. The van der Waals surface area contributed by atoms with Crippen LogP contribution in [-0.4, -0.2) is 25.1 Å². The van der Waals surface area contributed by atoms with Crippen LogP contribution >= 0.6 is 11.6 Å². The van der Waals surface area contributed by atoms with E-state index in [4.69, 9.17) is 11.6 Å². The van der Waals surface area contributed by atoms with Gasteiger partial charge in [-0.25, -0.2) is 0 Å². The van der Waals surface area contributed by atoms with E-state index >= 15 is 0 Å². The Hall–Kier alpha value is -0.840. The lowest BCUT2D eigenvalue weighted by Gasteiger charge is -2.57. The minimum atomic E-state index is 0. The number of nitrogens with zero attached hydrogens (tertiary/aromatic N) is 1. The summed E-state index contributed by atoms with van der Waals surface area (Å²) in [5.41, 5.74) is 5.89. The SMILES string of the molecule is CC1(C)[C@H]2CC=C(C[N+](C)(C)Cc3ccc(-c4ccccc4Cl)cc3)[C@@H]1C2.[I-]. The Morgan fingerprint density at radius 2 is 1.68 bits per heavy atom. The normalized spacial score (nSPS) is 22.7. The van der Waals surface area contributed by atoms with Crippen LogP contribution in [0.2, 0.25) is 5.02 Å². The highest BCUT2D eigenvalue weighted by Crippen LogP contribution is 2.59. The fourth-order valence-electron chi connectivity index (χ4n) is 5.19. The third-order valence-corrected chi connectivity index (χ3v) is 7.27. The van der Waals surface area contributed by atoms with Gasteiger partial charge in [0.05, 0.1) is 14.1 Å². The van der Waals surface area contributed by atoms with Crippen LogP contribution in [0.1, 0.15) is 32.3 Å². The van der Waals surface area contributed by atoms with Crippen molar-refractivity contribution in [1.82, 2.24) is 0 Å². The number of hydrogen-bond donors (Lipinski definition) is 0. The second-order valence-electron chi connectivity index (χ2n) is 9.75. The zero-order valence-electron chi connectivity index (χ0n) is 17.4. The zero-order chi connectivity index (χ0) is 19.2. The number of fused-ring (bicyclic) bond motifs is 1. The van der Waals surface area contributed by atoms with Crippen LogP contribution in [0.5, 0.6) is 0 Å². The quantitative estimate of drug-likeness (QED) is 0.330. The van der Waals surface area contributed by atoms with Crippen LogP contribution in [0.15, 0.2) is 60.2 Å². The van der Waals surface area contributed by atoms with E-state index in [9.17, 15) is 0 Å². The topological polar surface area (TPSA) is 0 Å². The fourth-order valence-corrected chi connectivity index (χ4v) is 5.43. The summed E-state index contributed by atoms with van der Waals surface area (Å²) >= 11 is 6.34. The van der Waals surface area contributed by atoms with Gasteiger partial charge in [0.25, 0.3) is 0 Å². The first-order chi connectivity index (χ1) is 12.8. The van der Waals surface area contributed by atoms with Crippen LogP contribution in [-0.2, 0) is 6.54 Å². The fraction of sp³-hybridized carbons (Fsp3) is 0.440. The molecule has 3 aliphatic carbocycles. The van der Waals surface area contributed by atoms with Crippen molar-refractivity contribution in [3.8, 4) is 11.1 Å². The van der Waals surface area contributed by atoms with Crippen LogP contribution in [0.3, 0.4) is 0 Å². The van der Waals surface area contributed by atoms with Crippen LogP contribution in [0.4, 0.5) is 0 Å². The van der Waals surface area contributed by atoms with Gasteiger partial charge in [-0.3, -0.25) is 0 Å². The summed E-state index contributed by atoms with van der Waals surface area (Å²) in [6.07, 6.45) is 5.24. The molecule has 1 nitrogen and oxygen atoms in total. The average molecular weight is 508 g/mol. The molecule has 0 N–H and O–H groups in total. The number of allylic oxidation sites excluding steroid dienone is 1. The van der Waals surface area contributed by atoms with Gasteiger partial charge in [-0.1, -0.05) is 74.0 Å². The first-order valence-electron chi connectivity index (χ1n) is 10.1. The molecule has 2 atom stereocenters. The number of likely N-dealkylation sites (N-methyl/N-ethyl adjacent to an activating group) is 1. The third-order valence-electron chi connectivity index (χ3n) is 6.94. The summed E-state index contributed by atoms with van der Waals surface area (Å²) < 4.78 is 1.01. The summed E-state index contributed by atoms with van der Waals surface area (Å²) in [5.74, 6) is 1.72. The van der Waals surface area contributed by atoms with Gasteiger partial charge in [0.1, 0.15) is 13.1 Å². The van der Waals surface area contributed by atoms with Gasteiger partial charge < -0.3 is 28.5 Å². The first-order valence-corrected chi connectivity index (χ1v) is 10.5. The lowest BCUT2D eigenvalue weighted by atomic mass is 9.49. The van der Waals surface area contributed by atoms with Crippen molar-refractivity contribution < 1.29 is 28.5 Å². The molecule has 2 aromatic rings. The molecule has 0 aliphatic heterocycles. The standard InChI is InChI=1S/C25H31ClN.HI/c1-25(2)21-14-13-20(23(25)15-21)17-27(3,4)16-18-9-11-19(12-10-18)22-7-5-6-8-24(22)26;/h5-13,21,23H,14-17H2,1-4H3;1H/q+1;/p-1/t21-,23-;/m0./s1. The van der Waals surface area contributed by atoms with Crippen molar-refractivity contribution in [3.63, 3.8) is 0 Å². The van der Waals surface area contributed by atoms with E-state index in [0.29, 0.717) is 5.41 Å². The Balaban J connectivity index is 0.00000225. The summed E-state index contributed by atoms with van der Waals surface area (Å²) in [6, 6.07) is 17.0. The molecule has 0 unspecified atom stereocenters. The van der Waals surface area contributed by atoms with Crippen molar-refractivity contribution in [2.75, 3.05) is 20.6 Å². The molecule has 3 heteroatoms. The van der Waals surface area contributed by atoms with Crippen molar-refractivity contribution in [2.24, 2.45) is 17.3 Å². The van der Waals surface area contributed by atoms with Gasteiger partial charge in [0, 0.05) is 16.1 Å². The molecule has 2 bridgehead atoms. The molecule has 0 radical (unpaired) electrons. The Kier molecular flexibility index (Phi) is 6.34. The van der Waals surface area contributed by atoms with Gasteiger partial charge in [0.2, 0.25) is 0 Å². The summed E-state index contributed by atoms with van der Waals surface area (Å²) in [4.78, 5) is 0. The third kappa shape index (κ3) is 4.20. The van der Waals surface area contributed by atoms with Crippen molar-refractivity contribution in [3.05, 3.63) is 70.8 Å². The molecule has 28 heavy (non-hydrogen) atoms. The Morgan fingerprint density at radius 1 is 1.00 bits per heavy atom. The molecule has 0 heterocycles. The molecule has 2 aromatic carbocycles. The molecule has 0 saturated heterocycles. The van der Waals surface area contributed by atoms with Crippen LogP contribution < -0.4 is 24.0 Å². The first kappa shape index (κ1) is 21.9. The van der Waals surface area contributed by atoms with Gasteiger partial charge in [-0.15, -0.1) is 0 Å². The van der Waals surface area contributed by atoms with E-state index in [1.165, 1.54) is 24.0 Å². The summed E-state index contributed by atoms with van der Waals surface area (Å²) in [7, 11) is 4.72. The number of hydrogen-bond acceptors (Lipinski definition) is 0. The largest absolute Gasteiger partial charge is 1.00 e. The predicted octanol–water partition coefficient (Wildman–Crippen LogP) is 3.58. The molecule has 3 aliphatic rings. The second-order valence-corrected chi connectivity index (χ2v) is 10.2. The Bertz CT molecular complexity index is 866. The molecule has 1 saturated carbocycles. The lowest BCUT2D eigenvalue weighted by Crippen LogP contribution is -3.00. The van der Waals surface area contributed by atoms with Gasteiger partial charge in [0.15, 0.2) is 0 Å². The van der Waals surface area contributed by atoms with Crippen molar-refractivity contribution >= 4 is 11.6 Å². The maximum atomic E-state index is 6.34. The number of quaternary nitrogens is 1. The van der Waals surface area contributed by atoms with E-state index in [2.05, 4.69) is 64.4 Å². The molecule has 1 fully saturated rings. The van der Waals surface area contributed by atoms with E-state index < -0.39 is 0 Å². The minimum absolute atomic E-state index is 0. The number of rotatable bonds is 5. The number of benzene rings is 2. The number of halogens is 2. The molecule has 150 valence electrons. The van der Waals surface area contributed by atoms with E-state index in [1.807, 2.05) is 18.2 Å². The minimum Gasteiger partial charge on any atom is -1.00 e. The van der Waals surface area contributed by atoms with Gasteiger partial charge in [-0.05, 0) is 47.3 Å². The van der Waals surface area contributed by atoms with E-state index in [0.717, 1.165) is 40.0 Å². The van der Waals surface area contributed by atoms with Gasteiger partial charge in [-0.2, -0.15) is 0 Å². The second kappa shape index (κ2) is 8.12. The molecule has 5 rings (SSSR count). The highest BCUT2D eigenvalue weighted by Gasteiger charge is 2.52. The van der Waals surface area contributed by atoms with E-state index in [1.54, 1.807) is 5.57 Å². The van der Waals surface area contributed by atoms with Crippen LogP contribution in [0, 0.1) is 17.3 Å². The Labute approximate surface area is 192 Å². The maximum absolute atomic E-state index is 6.34. The van der Waals surface area contributed by atoms with Crippen molar-refractivity contribution in [1.29, 1.82) is 0 Å². The van der Waals surface area contributed by atoms with Crippen LogP contribution in [0.25, 0.3) is 11.1 Å². The highest BCUT2D eigenvalue weighted by atomic mass is 127. The average Bonchev–Trinajstić information content (AvgIpc) is 2.62. The van der Waals surface area contributed by atoms with E-state index in [-0.39, 0.29) is 24.0 Å². The van der Waals surface area contributed by atoms with Gasteiger partial charge >= 0.3 is 0 Å². The molecule has 0 amide bonds. The Morgan fingerprint density at radius 3 is 2.29 bits per heavy atom. The predicted molar refractivity (Wildman–Crippen MR) is 116 cm³/mol. The molecular formula is C25H31ClIN. The summed E-state index contributed by atoms with van der Waals surface area (Å²) in [6.45, 7) is 7.14.